The number of halogens is 5. The molecule has 7 nitrogen and oxygen atoms in total. The lowest BCUT2D eigenvalue weighted by Crippen LogP contribution is -2.49. The molecule has 0 unspecified atom stereocenters. The number of nitrogens with one attached hydrogen (secondary N) is 2. The minimum Gasteiger partial charge on any atom is -0.390 e. The Kier molecular flexibility index (Phi) is 13.4. The highest BCUT2D eigenvalue weighted by Crippen LogP contribution is 2.29. The van der Waals surface area contributed by atoms with Crippen molar-refractivity contribution in [1.82, 2.24) is 20.5 Å². The lowest BCUT2D eigenvalue weighted by molar-refractivity contribution is -0.137. The van der Waals surface area contributed by atoms with Gasteiger partial charge in [-0.05, 0) is 59.7 Å². The van der Waals surface area contributed by atoms with Crippen molar-refractivity contribution in [3.63, 3.8) is 0 Å². The number of aliphatic hydroxyl groups is 1. The Morgan fingerprint density at radius 2 is 1.53 bits per heavy atom. The van der Waals surface area contributed by atoms with Crippen molar-refractivity contribution in [2.75, 3.05) is 19.6 Å². The molecule has 0 radical (unpaired) electrons. The van der Waals surface area contributed by atoms with Crippen LogP contribution >= 0.6 is 0 Å². The van der Waals surface area contributed by atoms with Crippen LogP contribution in [-0.2, 0) is 41.6 Å². The van der Waals surface area contributed by atoms with Gasteiger partial charge in [0.1, 0.15) is 11.6 Å². The van der Waals surface area contributed by atoms with Crippen LogP contribution in [0.15, 0.2) is 60.9 Å². The van der Waals surface area contributed by atoms with E-state index in [9.17, 15) is 36.6 Å². The van der Waals surface area contributed by atoms with Crippen molar-refractivity contribution in [3.8, 4) is 0 Å². The number of alkyl halides is 3. The Morgan fingerprint density at radius 1 is 0.889 bits per heavy atom. The van der Waals surface area contributed by atoms with Crippen LogP contribution in [0.1, 0.15) is 54.5 Å². The van der Waals surface area contributed by atoms with E-state index in [2.05, 4.69) is 15.6 Å². The lowest BCUT2D eigenvalue weighted by atomic mass is 10.00. The summed E-state index contributed by atoms with van der Waals surface area (Å²) in [6.07, 6.45) is -1.17. The maximum Gasteiger partial charge on any atom is 0.416 e. The van der Waals surface area contributed by atoms with Crippen molar-refractivity contribution >= 4 is 11.8 Å². The third-order valence-corrected chi connectivity index (χ3v) is 7.04. The van der Waals surface area contributed by atoms with Crippen molar-refractivity contribution < 1.29 is 36.6 Å². The molecule has 2 amide bonds. The molecule has 0 aliphatic heterocycles. The topological polar surface area (TPSA) is 94.6 Å². The SMILES string of the molecule is CCCN(CCC)C(=O)Cc1cncc(CC(=O)N[C@@H](Cc2cc(F)cc(F)c2)[C@H](O)CNCc2cccc(C(F)(F)F)c2)c1. The number of hydrogen-bond acceptors (Lipinski definition) is 5. The van der Waals surface area contributed by atoms with Crippen molar-refractivity contribution in [1.29, 1.82) is 0 Å². The zero-order valence-corrected chi connectivity index (χ0v) is 25.3. The highest BCUT2D eigenvalue weighted by Gasteiger charge is 2.30. The minimum absolute atomic E-state index is 0.00135. The van der Waals surface area contributed by atoms with E-state index in [4.69, 9.17) is 0 Å². The van der Waals surface area contributed by atoms with Gasteiger partial charge in [0, 0.05) is 44.6 Å². The standard InChI is InChI=1S/C33H39F5N4O3/c1-3-8-42(9-4-2)32(45)16-25-10-24(19-39-20-25)15-31(44)41-29(14-23-12-27(34)17-28(35)13-23)30(43)21-40-18-22-6-5-7-26(11-22)33(36,37)38/h5-7,10-13,17,19-20,29-30,40,43H,3-4,8-9,14-16,18,21H2,1-2H3,(H,41,44)/t29-,30+/m0/s1. The normalized spacial score (nSPS) is 12.9. The summed E-state index contributed by atoms with van der Waals surface area (Å²) in [5.74, 6) is -2.18. The molecule has 0 saturated heterocycles. The van der Waals surface area contributed by atoms with Crippen molar-refractivity contribution in [2.24, 2.45) is 0 Å². The van der Waals surface area contributed by atoms with Crippen LogP contribution in [-0.4, -0.2) is 58.6 Å². The average molecular weight is 635 g/mol. The van der Waals surface area contributed by atoms with Crippen molar-refractivity contribution in [3.05, 3.63) is 100 Å². The highest BCUT2D eigenvalue weighted by atomic mass is 19.4. The Balaban J connectivity index is 1.68. The number of pyridine rings is 1. The van der Waals surface area contributed by atoms with Crippen LogP contribution in [0.3, 0.4) is 0 Å². The molecule has 12 heteroatoms. The summed E-state index contributed by atoms with van der Waals surface area (Å²) in [4.78, 5) is 31.8. The van der Waals surface area contributed by atoms with E-state index in [1.54, 1.807) is 17.2 Å². The van der Waals surface area contributed by atoms with E-state index >= 15 is 0 Å². The second-order valence-corrected chi connectivity index (χ2v) is 11.0. The molecule has 3 aromatic rings. The smallest absolute Gasteiger partial charge is 0.390 e. The van der Waals surface area contributed by atoms with E-state index in [1.165, 1.54) is 18.3 Å². The van der Waals surface area contributed by atoms with Gasteiger partial charge in [0.2, 0.25) is 11.8 Å². The number of amides is 2. The predicted octanol–water partition coefficient (Wildman–Crippen LogP) is 4.99. The Morgan fingerprint density at radius 3 is 2.16 bits per heavy atom. The summed E-state index contributed by atoms with van der Waals surface area (Å²) in [5.41, 5.74) is 0.905. The Hall–Kier alpha value is -3.90. The quantitative estimate of drug-likeness (QED) is 0.193. The van der Waals surface area contributed by atoms with Gasteiger partial charge in [-0.15, -0.1) is 0 Å². The summed E-state index contributed by atoms with van der Waals surface area (Å²) >= 11 is 0. The molecule has 244 valence electrons. The first-order valence-electron chi connectivity index (χ1n) is 14.9. The molecule has 1 heterocycles. The van der Waals surface area contributed by atoms with Gasteiger partial charge in [-0.1, -0.05) is 38.1 Å². The molecule has 0 aliphatic rings. The van der Waals surface area contributed by atoms with Gasteiger partial charge in [0.05, 0.1) is 30.6 Å². The van der Waals surface area contributed by atoms with E-state index in [0.29, 0.717) is 35.8 Å². The lowest BCUT2D eigenvalue weighted by Gasteiger charge is -2.25. The van der Waals surface area contributed by atoms with Gasteiger partial charge in [-0.2, -0.15) is 13.2 Å². The fraction of sp³-hybridized carbons (Fsp3) is 0.424. The molecule has 45 heavy (non-hydrogen) atoms. The summed E-state index contributed by atoms with van der Waals surface area (Å²) in [6.45, 7) is 5.16. The Labute approximate surface area is 259 Å². The monoisotopic (exact) mass is 634 g/mol. The van der Waals surface area contributed by atoms with Crippen LogP contribution < -0.4 is 10.6 Å². The number of rotatable bonds is 16. The van der Waals surface area contributed by atoms with Gasteiger partial charge in [0.25, 0.3) is 0 Å². The van der Waals surface area contributed by atoms with E-state index < -0.39 is 41.4 Å². The molecule has 0 bridgehead atoms. The number of aliphatic hydroxyl groups excluding tert-OH is 1. The van der Waals surface area contributed by atoms with Crippen LogP contribution in [0.4, 0.5) is 22.0 Å². The molecular formula is C33H39F5N4O3. The first-order valence-corrected chi connectivity index (χ1v) is 14.9. The molecule has 0 fully saturated rings. The first kappa shape index (κ1) is 35.6. The molecule has 2 atom stereocenters. The van der Waals surface area contributed by atoms with E-state index in [0.717, 1.165) is 37.1 Å². The molecule has 0 saturated carbocycles. The number of hydrogen-bond donors (Lipinski definition) is 3. The fourth-order valence-electron chi connectivity index (χ4n) is 5.00. The third-order valence-electron chi connectivity index (χ3n) is 7.04. The van der Waals surface area contributed by atoms with Gasteiger partial charge < -0.3 is 20.6 Å². The second kappa shape index (κ2) is 17.0. The molecule has 0 spiro atoms. The largest absolute Gasteiger partial charge is 0.416 e. The first-order chi connectivity index (χ1) is 21.4. The van der Waals surface area contributed by atoms with Gasteiger partial charge in [-0.25, -0.2) is 8.78 Å². The van der Waals surface area contributed by atoms with Crippen LogP contribution in [0.25, 0.3) is 0 Å². The Bertz CT molecular complexity index is 1390. The second-order valence-electron chi connectivity index (χ2n) is 11.0. The summed E-state index contributed by atoms with van der Waals surface area (Å²) in [7, 11) is 0. The molecule has 0 aliphatic carbocycles. The van der Waals surface area contributed by atoms with Gasteiger partial charge in [-0.3, -0.25) is 14.6 Å². The predicted molar refractivity (Wildman–Crippen MR) is 160 cm³/mol. The minimum atomic E-state index is -4.50. The summed E-state index contributed by atoms with van der Waals surface area (Å²) in [5, 5.41) is 16.6. The molecule has 3 rings (SSSR count). The molecular weight excluding hydrogens is 595 g/mol. The average Bonchev–Trinajstić information content (AvgIpc) is 2.96. The van der Waals surface area contributed by atoms with E-state index in [-0.39, 0.29) is 43.8 Å². The van der Waals surface area contributed by atoms with Crippen molar-refractivity contribution in [2.45, 2.75) is 70.8 Å². The fourth-order valence-corrected chi connectivity index (χ4v) is 5.00. The number of nitrogens with zero attached hydrogens (tertiary/aromatic N) is 2. The molecule has 1 aromatic heterocycles. The summed E-state index contributed by atoms with van der Waals surface area (Å²) < 4.78 is 66.9. The van der Waals surface area contributed by atoms with Crippen LogP contribution in [0, 0.1) is 11.6 Å². The van der Waals surface area contributed by atoms with Gasteiger partial charge in [0.15, 0.2) is 0 Å². The van der Waals surface area contributed by atoms with E-state index in [1.807, 2.05) is 13.8 Å². The molecule has 2 aromatic carbocycles. The zero-order valence-electron chi connectivity index (χ0n) is 25.3. The van der Waals surface area contributed by atoms with Crippen LogP contribution in [0.5, 0.6) is 0 Å². The maximum absolute atomic E-state index is 13.9. The maximum atomic E-state index is 13.9. The van der Waals surface area contributed by atoms with Crippen LogP contribution in [0.2, 0.25) is 0 Å². The zero-order chi connectivity index (χ0) is 33.0. The van der Waals surface area contributed by atoms with Gasteiger partial charge >= 0.3 is 6.18 Å². The number of carbonyl (C=O) groups is 2. The molecule has 3 N–H and O–H groups in total. The summed E-state index contributed by atoms with van der Waals surface area (Å²) in [6, 6.07) is 8.35. The number of benzene rings is 2. The highest BCUT2D eigenvalue weighted by molar-refractivity contribution is 5.80. The number of aromatic nitrogens is 1. The number of carbonyl (C=O) groups excluding carboxylic acids is 2. The third kappa shape index (κ3) is 11.8.